The van der Waals surface area contributed by atoms with Gasteiger partial charge >= 0.3 is 0 Å². The van der Waals surface area contributed by atoms with Crippen LogP contribution in [-0.2, 0) is 4.74 Å². The van der Waals surface area contributed by atoms with E-state index in [2.05, 4.69) is 0 Å². The van der Waals surface area contributed by atoms with Crippen molar-refractivity contribution in [2.24, 2.45) is 0 Å². The van der Waals surface area contributed by atoms with E-state index in [4.69, 9.17) is 10.5 Å². The minimum atomic E-state index is -0.264. The predicted molar refractivity (Wildman–Crippen MR) is 66.8 cm³/mol. The van der Waals surface area contributed by atoms with Crippen molar-refractivity contribution < 1.29 is 9.53 Å². The van der Waals surface area contributed by atoms with E-state index < -0.39 is 0 Å². The highest BCUT2D eigenvalue weighted by Gasteiger charge is 2.34. The molecule has 0 saturated carbocycles. The Kier molecular flexibility index (Phi) is 3.07. The third kappa shape index (κ3) is 2.42. The molecule has 1 aliphatic heterocycles. The number of nitrogen functional groups attached to an aromatic ring is 1. The number of nitrogens with zero attached hydrogens (tertiary/aromatic N) is 1. The Morgan fingerprint density at radius 2 is 2.24 bits per heavy atom. The van der Waals surface area contributed by atoms with Gasteiger partial charge in [0.15, 0.2) is 0 Å². The summed E-state index contributed by atoms with van der Waals surface area (Å²) < 4.78 is 5.41. The first-order chi connectivity index (χ1) is 8.00. The standard InChI is InChI=1S/C13H18N2O2/c1-13(2)9-17-7-6-15(13)12(16)10-4-3-5-11(14)8-10/h3-5,8H,6-7,9,14H2,1-2H3. The summed E-state index contributed by atoms with van der Waals surface area (Å²) in [6, 6.07) is 7.09. The number of ether oxygens (including phenoxy) is 1. The second kappa shape index (κ2) is 4.37. The number of amides is 1. The van der Waals surface area contributed by atoms with Crippen LogP contribution in [0.5, 0.6) is 0 Å². The van der Waals surface area contributed by atoms with Gasteiger partial charge in [-0.2, -0.15) is 0 Å². The van der Waals surface area contributed by atoms with Gasteiger partial charge in [-0.25, -0.2) is 0 Å². The van der Waals surface area contributed by atoms with E-state index in [0.717, 1.165) is 0 Å². The van der Waals surface area contributed by atoms with Crippen molar-refractivity contribution in [3.8, 4) is 0 Å². The molecule has 4 nitrogen and oxygen atoms in total. The zero-order valence-corrected chi connectivity index (χ0v) is 10.3. The van der Waals surface area contributed by atoms with Crippen LogP contribution >= 0.6 is 0 Å². The largest absolute Gasteiger partial charge is 0.399 e. The Hall–Kier alpha value is -1.55. The molecule has 0 unspecified atom stereocenters. The zero-order chi connectivity index (χ0) is 12.5. The topological polar surface area (TPSA) is 55.6 Å². The van der Waals surface area contributed by atoms with Gasteiger partial charge in [0.25, 0.3) is 5.91 Å². The first kappa shape index (κ1) is 11.9. The molecule has 17 heavy (non-hydrogen) atoms. The van der Waals surface area contributed by atoms with E-state index in [1.807, 2.05) is 18.7 Å². The van der Waals surface area contributed by atoms with Crippen LogP contribution in [0.15, 0.2) is 24.3 Å². The summed E-state index contributed by atoms with van der Waals surface area (Å²) in [5, 5.41) is 0. The van der Waals surface area contributed by atoms with Crippen LogP contribution in [0.25, 0.3) is 0 Å². The Morgan fingerprint density at radius 3 is 2.88 bits per heavy atom. The van der Waals surface area contributed by atoms with Gasteiger partial charge in [-0.1, -0.05) is 6.07 Å². The fourth-order valence-electron chi connectivity index (χ4n) is 2.06. The van der Waals surface area contributed by atoms with E-state index in [-0.39, 0.29) is 11.4 Å². The van der Waals surface area contributed by atoms with Gasteiger partial charge in [-0.15, -0.1) is 0 Å². The van der Waals surface area contributed by atoms with E-state index in [1.54, 1.807) is 24.3 Å². The Balaban J connectivity index is 2.25. The quantitative estimate of drug-likeness (QED) is 0.749. The molecule has 0 spiro atoms. The molecule has 1 heterocycles. The van der Waals surface area contributed by atoms with Crippen LogP contribution < -0.4 is 5.73 Å². The number of benzene rings is 1. The molecule has 0 radical (unpaired) electrons. The number of morpholine rings is 1. The molecule has 1 fully saturated rings. The normalized spacial score (nSPS) is 19.1. The number of nitrogens with two attached hydrogens (primary N) is 1. The number of carbonyl (C=O) groups is 1. The van der Waals surface area contributed by atoms with Crippen LogP contribution in [0.2, 0.25) is 0 Å². The van der Waals surface area contributed by atoms with Crippen LogP contribution in [-0.4, -0.2) is 36.1 Å². The first-order valence-electron chi connectivity index (χ1n) is 5.76. The van der Waals surface area contributed by atoms with Crippen LogP contribution in [0, 0.1) is 0 Å². The summed E-state index contributed by atoms with van der Waals surface area (Å²) in [6.07, 6.45) is 0. The van der Waals surface area contributed by atoms with Gasteiger partial charge in [-0.3, -0.25) is 4.79 Å². The highest BCUT2D eigenvalue weighted by Crippen LogP contribution is 2.22. The van der Waals surface area contributed by atoms with E-state index >= 15 is 0 Å². The molecule has 1 aromatic carbocycles. The highest BCUT2D eigenvalue weighted by molar-refractivity contribution is 5.95. The second-order valence-electron chi connectivity index (χ2n) is 4.95. The summed E-state index contributed by atoms with van der Waals surface area (Å²) in [6.45, 7) is 5.81. The zero-order valence-electron chi connectivity index (χ0n) is 10.3. The predicted octanol–water partition coefficient (Wildman–Crippen LogP) is 1.52. The molecule has 0 atom stereocenters. The molecule has 0 aromatic heterocycles. The molecule has 1 aliphatic rings. The summed E-state index contributed by atoms with van der Waals surface area (Å²) in [5.41, 5.74) is 6.69. The molecule has 1 amide bonds. The number of rotatable bonds is 1. The van der Waals surface area contributed by atoms with E-state index in [0.29, 0.717) is 31.0 Å². The minimum Gasteiger partial charge on any atom is -0.399 e. The fourth-order valence-corrected chi connectivity index (χ4v) is 2.06. The van der Waals surface area contributed by atoms with Gasteiger partial charge in [0.1, 0.15) is 0 Å². The van der Waals surface area contributed by atoms with Crippen molar-refractivity contribution in [1.82, 2.24) is 4.90 Å². The lowest BCUT2D eigenvalue weighted by Crippen LogP contribution is -2.55. The van der Waals surface area contributed by atoms with Gasteiger partial charge in [0.05, 0.1) is 18.8 Å². The second-order valence-corrected chi connectivity index (χ2v) is 4.95. The lowest BCUT2D eigenvalue weighted by molar-refractivity contribution is -0.0370. The summed E-state index contributed by atoms with van der Waals surface area (Å²) in [4.78, 5) is 14.2. The van der Waals surface area contributed by atoms with Crippen LogP contribution in [0.3, 0.4) is 0 Å². The number of carbonyl (C=O) groups excluding carboxylic acids is 1. The lowest BCUT2D eigenvalue weighted by Gasteiger charge is -2.42. The number of hydrogen-bond acceptors (Lipinski definition) is 3. The van der Waals surface area contributed by atoms with Gasteiger partial charge in [0.2, 0.25) is 0 Å². The van der Waals surface area contributed by atoms with Crippen molar-refractivity contribution in [1.29, 1.82) is 0 Å². The fraction of sp³-hybridized carbons (Fsp3) is 0.462. The van der Waals surface area contributed by atoms with Gasteiger partial charge < -0.3 is 15.4 Å². The molecule has 4 heteroatoms. The average Bonchev–Trinajstić information content (AvgIpc) is 2.27. The molecule has 0 aliphatic carbocycles. The third-order valence-corrected chi connectivity index (χ3v) is 3.02. The molecular formula is C13H18N2O2. The molecule has 0 bridgehead atoms. The molecular weight excluding hydrogens is 216 g/mol. The molecule has 92 valence electrons. The maximum Gasteiger partial charge on any atom is 0.254 e. The molecule has 1 saturated heterocycles. The minimum absolute atomic E-state index is 0.0191. The van der Waals surface area contributed by atoms with Crippen molar-refractivity contribution in [2.45, 2.75) is 19.4 Å². The number of hydrogen-bond donors (Lipinski definition) is 1. The average molecular weight is 234 g/mol. The molecule has 1 aromatic rings. The Labute approximate surface area is 101 Å². The Morgan fingerprint density at radius 1 is 1.47 bits per heavy atom. The van der Waals surface area contributed by atoms with Crippen molar-refractivity contribution >= 4 is 11.6 Å². The monoisotopic (exact) mass is 234 g/mol. The SMILES string of the molecule is CC1(C)COCCN1C(=O)c1cccc(N)c1. The first-order valence-corrected chi connectivity index (χ1v) is 5.76. The van der Waals surface area contributed by atoms with Crippen LogP contribution in [0.1, 0.15) is 24.2 Å². The number of anilines is 1. The Bertz CT molecular complexity index is 429. The molecule has 2 rings (SSSR count). The summed E-state index contributed by atoms with van der Waals surface area (Å²) >= 11 is 0. The van der Waals surface area contributed by atoms with Crippen molar-refractivity contribution in [2.75, 3.05) is 25.5 Å². The summed E-state index contributed by atoms with van der Waals surface area (Å²) in [7, 11) is 0. The van der Waals surface area contributed by atoms with E-state index in [1.165, 1.54) is 0 Å². The van der Waals surface area contributed by atoms with Gasteiger partial charge in [-0.05, 0) is 32.0 Å². The van der Waals surface area contributed by atoms with Gasteiger partial charge in [0, 0.05) is 17.8 Å². The summed E-state index contributed by atoms with van der Waals surface area (Å²) in [5.74, 6) is 0.0191. The maximum absolute atomic E-state index is 12.4. The third-order valence-electron chi connectivity index (χ3n) is 3.02. The highest BCUT2D eigenvalue weighted by atomic mass is 16.5. The van der Waals surface area contributed by atoms with E-state index in [9.17, 15) is 4.79 Å². The maximum atomic E-state index is 12.4. The molecule has 2 N–H and O–H groups in total. The van der Waals surface area contributed by atoms with Crippen molar-refractivity contribution in [3.63, 3.8) is 0 Å². The smallest absolute Gasteiger partial charge is 0.254 e. The lowest BCUT2D eigenvalue weighted by atomic mass is 10.0. The van der Waals surface area contributed by atoms with Crippen molar-refractivity contribution in [3.05, 3.63) is 29.8 Å². The van der Waals surface area contributed by atoms with Crippen LogP contribution in [0.4, 0.5) is 5.69 Å².